The molecular weight excluding hydrogens is 264 g/mol. The van der Waals surface area contributed by atoms with Gasteiger partial charge in [0.2, 0.25) is 5.91 Å². The Morgan fingerprint density at radius 1 is 1.47 bits per heavy atom. The molecule has 106 valence electrons. The SMILES string of the molecule is Cc1nc(CCCC(=O)N(C)C(C)(C)C(=O)O)cs1. The van der Waals surface area contributed by atoms with Crippen LogP contribution in [0.5, 0.6) is 0 Å². The molecule has 0 saturated heterocycles. The summed E-state index contributed by atoms with van der Waals surface area (Å²) < 4.78 is 0. The van der Waals surface area contributed by atoms with E-state index in [1.165, 1.54) is 25.8 Å². The van der Waals surface area contributed by atoms with Gasteiger partial charge in [-0.1, -0.05) is 0 Å². The second kappa shape index (κ2) is 6.14. The van der Waals surface area contributed by atoms with Crippen LogP contribution in [0.3, 0.4) is 0 Å². The summed E-state index contributed by atoms with van der Waals surface area (Å²) in [6.45, 7) is 5.00. The van der Waals surface area contributed by atoms with Crippen molar-refractivity contribution in [1.29, 1.82) is 0 Å². The quantitative estimate of drug-likeness (QED) is 0.868. The molecule has 5 nitrogen and oxygen atoms in total. The number of amides is 1. The Morgan fingerprint density at radius 3 is 2.58 bits per heavy atom. The number of hydrogen-bond donors (Lipinski definition) is 1. The predicted octanol–water partition coefficient (Wildman–Crippen LogP) is 2.10. The second-order valence-corrected chi connectivity index (χ2v) is 6.09. The molecule has 0 aromatic carbocycles. The van der Waals surface area contributed by atoms with Crippen molar-refractivity contribution in [3.63, 3.8) is 0 Å². The normalized spacial score (nSPS) is 11.4. The zero-order valence-corrected chi connectivity index (χ0v) is 12.6. The van der Waals surface area contributed by atoms with Crippen molar-refractivity contribution in [3.8, 4) is 0 Å². The maximum Gasteiger partial charge on any atom is 0.329 e. The Hall–Kier alpha value is -1.43. The first-order chi connectivity index (χ1) is 8.75. The molecule has 1 rings (SSSR count). The first kappa shape index (κ1) is 15.6. The first-order valence-electron chi connectivity index (χ1n) is 6.16. The molecule has 0 fully saturated rings. The smallest absolute Gasteiger partial charge is 0.329 e. The van der Waals surface area contributed by atoms with Gasteiger partial charge in [0, 0.05) is 18.8 Å². The molecule has 0 aliphatic heterocycles. The maximum absolute atomic E-state index is 11.9. The van der Waals surface area contributed by atoms with E-state index in [-0.39, 0.29) is 5.91 Å². The summed E-state index contributed by atoms with van der Waals surface area (Å²) in [7, 11) is 1.53. The van der Waals surface area contributed by atoms with Crippen LogP contribution in [0.4, 0.5) is 0 Å². The summed E-state index contributed by atoms with van der Waals surface area (Å²) >= 11 is 1.59. The molecule has 1 aromatic heterocycles. The second-order valence-electron chi connectivity index (χ2n) is 5.03. The van der Waals surface area contributed by atoms with E-state index < -0.39 is 11.5 Å². The number of aromatic nitrogens is 1. The zero-order valence-electron chi connectivity index (χ0n) is 11.8. The summed E-state index contributed by atoms with van der Waals surface area (Å²) in [5.41, 5.74) is -0.177. The Bertz CT molecular complexity index is 468. The number of hydrogen-bond acceptors (Lipinski definition) is 4. The van der Waals surface area contributed by atoms with Crippen molar-refractivity contribution in [2.24, 2.45) is 0 Å². The van der Waals surface area contributed by atoms with E-state index in [0.717, 1.165) is 17.1 Å². The summed E-state index contributed by atoms with van der Waals surface area (Å²) in [5, 5.41) is 12.1. The van der Waals surface area contributed by atoms with Crippen LogP contribution >= 0.6 is 11.3 Å². The highest BCUT2D eigenvalue weighted by Crippen LogP contribution is 2.16. The third-order valence-corrected chi connectivity index (χ3v) is 4.05. The number of carboxylic acids is 1. The summed E-state index contributed by atoms with van der Waals surface area (Å²) in [4.78, 5) is 28.6. The minimum atomic E-state index is -1.17. The van der Waals surface area contributed by atoms with Crippen molar-refractivity contribution >= 4 is 23.2 Å². The van der Waals surface area contributed by atoms with Crippen LogP contribution in [0.25, 0.3) is 0 Å². The number of likely N-dealkylation sites (N-methyl/N-ethyl adjacent to an activating group) is 1. The Kier molecular flexibility index (Phi) is 5.05. The molecule has 1 heterocycles. The Balaban J connectivity index is 2.45. The molecule has 0 radical (unpaired) electrons. The standard InChI is InChI=1S/C13H20N2O3S/c1-9-14-10(8-19-9)6-5-7-11(16)15(4)13(2,3)12(17)18/h8H,5-7H2,1-4H3,(H,17,18). The molecular formula is C13H20N2O3S. The first-order valence-corrected chi connectivity index (χ1v) is 7.04. The number of aryl methyl sites for hydroxylation is 2. The largest absolute Gasteiger partial charge is 0.480 e. The van der Waals surface area contributed by atoms with E-state index in [9.17, 15) is 9.59 Å². The highest BCUT2D eigenvalue weighted by molar-refractivity contribution is 7.09. The fourth-order valence-electron chi connectivity index (χ4n) is 1.57. The monoisotopic (exact) mass is 284 g/mol. The van der Waals surface area contributed by atoms with Crippen LogP contribution in [0.15, 0.2) is 5.38 Å². The molecule has 0 atom stereocenters. The molecule has 0 unspecified atom stereocenters. The minimum Gasteiger partial charge on any atom is -0.480 e. The predicted molar refractivity (Wildman–Crippen MR) is 74.3 cm³/mol. The Morgan fingerprint density at radius 2 is 2.11 bits per heavy atom. The minimum absolute atomic E-state index is 0.153. The fourth-order valence-corrected chi connectivity index (χ4v) is 2.21. The number of carbonyl (C=O) groups is 2. The highest BCUT2D eigenvalue weighted by Gasteiger charge is 2.34. The molecule has 0 saturated carbocycles. The number of thiazole rings is 1. The maximum atomic E-state index is 11.9. The van der Waals surface area contributed by atoms with Crippen LogP contribution in [-0.2, 0) is 16.0 Å². The molecule has 1 N–H and O–H groups in total. The van der Waals surface area contributed by atoms with Gasteiger partial charge >= 0.3 is 5.97 Å². The number of nitrogens with zero attached hydrogens (tertiary/aromatic N) is 2. The number of carbonyl (C=O) groups excluding carboxylic acids is 1. The third kappa shape index (κ3) is 4.02. The number of rotatable bonds is 6. The lowest BCUT2D eigenvalue weighted by atomic mass is 10.0. The van der Waals surface area contributed by atoms with Gasteiger partial charge < -0.3 is 10.0 Å². The molecule has 0 spiro atoms. The fraction of sp³-hybridized carbons (Fsp3) is 0.615. The van der Waals surface area contributed by atoms with Crippen LogP contribution in [0, 0.1) is 6.92 Å². The molecule has 0 aliphatic carbocycles. The van der Waals surface area contributed by atoms with E-state index in [4.69, 9.17) is 5.11 Å². The van der Waals surface area contributed by atoms with E-state index in [0.29, 0.717) is 12.8 Å². The number of aliphatic carboxylic acids is 1. The van der Waals surface area contributed by atoms with Crippen LogP contribution in [-0.4, -0.2) is 39.5 Å². The summed E-state index contributed by atoms with van der Waals surface area (Å²) in [5.74, 6) is -1.15. The molecule has 19 heavy (non-hydrogen) atoms. The van der Waals surface area contributed by atoms with Crippen LogP contribution < -0.4 is 0 Å². The molecule has 0 bridgehead atoms. The number of carboxylic acid groups (broad SMARTS) is 1. The van der Waals surface area contributed by atoms with Crippen molar-refractivity contribution in [2.45, 2.75) is 45.6 Å². The Labute approximate surface area is 117 Å². The van der Waals surface area contributed by atoms with Gasteiger partial charge in [0.05, 0.1) is 10.7 Å². The van der Waals surface area contributed by atoms with Crippen LogP contribution in [0.2, 0.25) is 0 Å². The molecule has 1 aromatic rings. The van der Waals surface area contributed by atoms with Gasteiger partial charge in [-0.05, 0) is 33.6 Å². The topological polar surface area (TPSA) is 70.5 Å². The average molecular weight is 284 g/mol. The zero-order chi connectivity index (χ0) is 14.6. The van der Waals surface area contributed by atoms with Gasteiger partial charge in [0.1, 0.15) is 5.54 Å². The van der Waals surface area contributed by atoms with Crippen LogP contribution in [0.1, 0.15) is 37.4 Å². The van der Waals surface area contributed by atoms with E-state index in [1.807, 2.05) is 12.3 Å². The van der Waals surface area contributed by atoms with Gasteiger partial charge in [-0.2, -0.15) is 0 Å². The molecule has 1 amide bonds. The summed E-state index contributed by atoms with van der Waals surface area (Å²) in [6.07, 6.45) is 1.77. The average Bonchev–Trinajstić information content (AvgIpc) is 2.73. The highest BCUT2D eigenvalue weighted by atomic mass is 32.1. The van der Waals surface area contributed by atoms with Crippen molar-refractivity contribution in [1.82, 2.24) is 9.88 Å². The summed E-state index contributed by atoms with van der Waals surface area (Å²) in [6, 6.07) is 0. The van der Waals surface area contributed by atoms with Crippen molar-refractivity contribution in [3.05, 3.63) is 16.1 Å². The molecule has 0 aliphatic rings. The van der Waals surface area contributed by atoms with Gasteiger partial charge in [-0.25, -0.2) is 9.78 Å². The van der Waals surface area contributed by atoms with E-state index >= 15 is 0 Å². The lowest BCUT2D eigenvalue weighted by Gasteiger charge is -2.31. The van der Waals surface area contributed by atoms with Gasteiger partial charge in [0.15, 0.2) is 0 Å². The van der Waals surface area contributed by atoms with Gasteiger partial charge in [0.25, 0.3) is 0 Å². The lowest BCUT2D eigenvalue weighted by molar-refractivity contribution is -0.155. The third-order valence-electron chi connectivity index (χ3n) is 3.23. The van der Waals surface area contributed by atoms with Crippen molar-refractivity contribution < 1.29 is 14.7 Å². The van der Waals surface area contributed by atoms with E-state index in [2.05, 4.69) is 4.98 Å². The lowest BCUT2D eigenvalue weighted by Crippen LogP contribution is -2.50. The van der Waals surface area contributed by atoms with Gasteiger partial charge in [-0.15, -0.1) is 11.3 Å². The van der Waals surface area contributed by atoms with Gasteiger partial charge in [-0.3, -0.25) is 4.79 Å². The molecule has 6 heteroatoms. The van der Waals surface area contributed by atoms with Crippen molar-refractivity contribution in [2.75, 3.05) is 7.05 Å². The van der Waals surface area contributed by atoms with E-state index in [1.54, 1.807) is 11.3 Å².